The smallest absolute Gasteiger partial charge is 0.264 e. The zero-order valence-electron chi connectivity index (χ0n) is 10.3. The van der Waals surface area contributed by atoms with Crippen molar-refractivity contribution in [2.45, 2.75) is 26.3 Å². The van der Waals surface area contributed by atoms with Gasteiger partial charge in [0.15, 0.2) is 0 Å². The number of hydrogen-bond donors (Lipinski definition) is 2. The van der Waals surface area contributed by atoms with Crippen molar-refractivity contribution in [1.82, 2.24) is 4.90 Å². The largest absolute Gasteiger partial charge is 0.409 e. The van der Waals surface area contributed by atoms with Crippen LogP contribution in [0, 0.1) is 0 Å². The fourth-order valence-electron chi connectivity index (χ4n) is 1.45. The molecule has 0 atom stereocenters. The predicted octanol–water partition coefficient (Wildman–Crippen LogP) is 2.39. The molecular weight excluding hydrogens is 274 g/mol. The van der Waals surface area contributed by atoms with Gasteiger partial charge in [0, 0.05) is 19.0 Å². The topological polar surface area (TPSA) is 78.9 Å². The van der Waals surface area contributed by atoms with Gasteiger partial charge in [0.1, 0.15) is 5.84 Å². The molecule has 0 aliphatic rings. The second-order valence-corrected chi connectivity index (χ2v) is 5.75. The lowest BCUT2D eigenvalue weighted by Crippen LogP contribution is -2.38. The molecule has 3 N–H and O–H groups in total. The lowest BCUT2D eigenvalue weighted by atomic mass is 10.2. The highest BCUT2D eigenvalue weighted by molar-refractivity contribution is 7.17. The van der Waals surface area contributed by atoms with E-state index < -0.39 is 0 Å². The summed E-state index contributed by atoms with van der Waals surface area (Å²) in [5.41, 5.74) is 5.41. The maximum Gasteiger partial charge on any atom is 0.264 e. The van der Waals surface area contributed by atoms with Crippen molar-refractivity contribution in [2.75, 3.05) is 6.54 Å². The first-order chi connectivity index (χ1) is 8.45. The van der Waals surface area contributed by atoms with Gasteiger partial charge in [-0.15, -0.1) is 11.3 Å². The van der Waals surface area contributed by atoms with Gasteiger partial charge in [0.05, 0.1) is 9.21 Å². The van der Waals surface area contributed by atoms with Gasteiger partial charge in [-0.05, 0) is 26.0 Å². The van der Waals surface area contributed by atoms with Gasteiger partial charge in [0.2, 0.25) is 0 Å². The number of amidine groups is 1. The third kappa shape index (κ3) is 3.89. The summed E-state index contributed by atoms with van der Waals surface area (Å²) in [5.74, 6) is 0.0188. The summed E-state index contributed by atoms with van der Waals surface area (Å²) in [6, 6.07) is 3.43. The van der Waals surface area contributed by atoms with Crippen LogP contribution in [-0.4, -0.2) is 34.4 Å². The van der Waals surface area contributed by atoms with Gasteiger partial charge >= 0.3 is 0 Å². The molecule has 1 heterocycles. The molecule has 0 fully saturated rings. The van der Waals surface area contributed by atoms with Gasteiger partial charge in [-0.2, -0.15) is 0 Å². The highest BCUT2D eigenvalue weighted by Gasteiger charge is 2.20. The minimum atomic E-state index is -0.0901. The number of carbonyl (C=O) groups is 1. The fourth-order valence-corrected chi connectivity index (χ4v) is 2.45. The van der Waals surface area contributed by atoms with Crippen molar-refractivity contribution in [3.63, 3.8) is 0 Å². The highest BCUT2D eigenvalue weighted by atomic mass is 35.5. The van der Waals surface area contributed by atoms with Gasteiger partial charge in [-0.1, -0.05) is 16.8 Å². The van der Waals surface area contributed by atoms with E-state index in [-0.39, 0.29) is 17.8 Å². The standard InChI is InChI=1S/C11H16ClN3O2S/c1-7(2)15(6-5-10(13)14-17)11(16)8-3-4-9(12)18-8/h3-4,7,17H,5-6H2,1-2H3,(H2,13,14). The molecular formula is C11H16ClN3O2S. The van der Waals surface area contributed by atoms with E-state index in [0.29, 0.717) is 22.2 Å². The Balaban J connectivity index is 2.76. The van der Waals surface area contributed by atoms with Crippen molar-refractivity contribution in [3.05, 3.63) is 21.3 Å². The number of oxime groups is 1. The lowest BCUT2D eigenvalue weighted by molar-refractivity contribution is 0.0716. The van der Waals surface area contributed by atoms with Gasteiger partial charge < -0.3 is 15.8 Å². The lowest BCUT2D eigenvalue weighted by Gasteiger charge is -2.26. The highest BCUT2D eigenvalue weighted by Crippen LogP contribution is 2.23. The molecule has 1 aromatic rings. The molecule has 18 heavy (non-hydrogen) atoms. The quantitative estimate of drug-likeness (QED) is 0.378. The van der Waals surface area contributed by atoms with E-state index in [1.807, 2.05) is 13.8 Å². The first-order valence-electron chi connectivity index (χ1n) is 5.48. The van der Waals surface area contributed by atoms with Crippen LogP contribution in [0.25, 0.3) is 0 Å². The molecule has 1 amide bonds. The average molecular weight is 290 g/mol. The van der Waals surface area contributed by atoms with Crippen molar-refractivity contribution in [1.29, 1.82) is 0 Å². The second-order valence-electron chi connectivity index (χ2n) is 4.04. The Morgan fingerprint density at radius 1 is 1.61 bits per heavy atom. The molecule has 100 valence electrons. The van der Waals surface area contributed by atoms with Crippen LogP contribution in [0.5, 0.6) is 0 Å². The maximum atomic E-state index is 12.2. The average Bonchev–Trinajstić information content (AvgIpc) is 2.75. The molecule has 7 heteroatoms. The number of rotatable bonds is 5. The summed E-state index contributed by atoms with van der Waals surface area (Å²) in [5, 5.41) is 11.4. The van der Waals surface area contributed by atoms with Gasteiger partial charge in [-0.25, -0.2) is 0 Å². The normalized spacial score (nSPS) is 11.9. The Morgan fingerprint density at radius 2 is 2.28 bits per heavy atom. The number of amides is 1. The maximum absolute atomic E-state index is 12.2. The van der Waals surface area contributed by atoms with E-state index in [1.54, 1.807) is 17.0 Å². The summed E-state index contributed by atoms with van der Waals surface area (Å²) in [6.07, 6.45) is 0.333. The molecule has 1 aromatic heterocycles. The SMILES string of the molecule is CC(C)N(CC/C(N)=N/O)C(=O)c1ccc(Cl)s1. The predicted molar refractivity (Wildman–Crippen MR) is 73.5 cm³/mol. The fraction of sp³-hybridized carbons (Fsp3) is 0.455. The number of carbonyl (C=O) groups excluding carboxylic acids is 1. The molecule has 0 saturated carbocycles. The number of thiophene rings is 1. The molecule has 0 saturated heterocycles. The van der Waals surface area contributed by atoms with Crippen molar-refractivity contribution in [2.24, 2.45) is 10.9 Å². The molecule has 0 bridgehead atoms. The minimum Gasteiger partial charge on any atom is -0.409 e. The Morgan fingerprint density at radius 3 is 2.72 bits per heavy atom. The van der Waals surface area contributed by atoms with Crippen molar-refractivity contribution < 1.29 is 10.0 Å². The first-order valence-corrected chi connectivity index (χ1v) is 6.68. The van der Waals surface area contributed by atoms with Gasteiger partial charge in [-0.3, -0.25) is 4.79 Å². The summed E-state index contributed by atoms with van der Waals surface area (Å²) >= 11 is 7.06. The first kappa shape index (κ1) is 14.8. The van der Waals surface area contributed by atoms with Crippen LogP contribution in [0.1, 0.15) is 29.9 Å². The second kappa shape index (κ2) is 6.61. The Kier molecular flexibility index (Phi) is 5.43. The van der Waals surface area contributed by atoms with Crippen LogP contribution in [0.2, 0.25) is 4.34 Å². The van der Waals surface area contributed by atoms with E-state index in [1.165, 1.54) is 11.3 Å². The molecule has 5 nitrogen and oxygen atoms in total. The van der Waals surface area contributed by atoms with Gasteiger partial charge in [0.25, 0.3) is 5.91 Å². The molecule has 0 aromatic carbocycles. The molecule has 0 aliphatic heterocycles. The van der Waals surface area contributed by atoms with Crippen LogP contribution in [0.4, 0.5) is 0 Å². The number of hydrogen-bond acceptors (Lipinski definition) is 4. The zero-order chi connectivity index (χ0) is 13.7. The molecule has 0 radical (unpaired) electrons. The van der Waals surface area contributed by atoms with Crippen LogP contribution in [0.15, 0.2) is 17.3 Å². The molecule has 0 aliphatic carbocycles. The van der Waals surface area contributed by atoms with E-state index in [4.69, 9.17) is 22.5 Å². The number of nitrogens with two attached hydrogens (primary N) is 1. The third-order valence-electron chi connectivity index (χ3n) is 2.41. The Bertz CT molecular complexity index is 445. The van der Waals surface area contributed by atoms with Crippen molar-refractivity contribution in [3.8, 4) is 0 Å². The van der Waals surface area contributed by atoms with Crippen LogP contribution in [-0.2, 0) is 0 Å². The van der Waals surface area contributed by atoms with Crippen LogP contribution < -0.4 is 5.73 Å². The van der Waals surface area contributed by atoms with Crippen molar-refractivity contribution >= 4 is 34.7 Å². The summed E-state index contributed by atoms with van der Waals surface area (Å²) in [4.78, 5) is 14.5. The van der Waals surface area contributed by atoms with E-state index >= 15 is 0 Å². The summed E-state index contributed by atoms with van der Waals surface area (Å²) < 4.78 is 0.582. The monoisotopic (exact) mass is 289 g/mol. The third-order valence-corrected chi connectivity index (χ3v) is 3.62. The van der Waals surface area contributed by atoms with E-state index in [9.17, 15) is 4.79 Å². The molecule has 0 spiro atoms. The summed E-state index contributed by atoms with van der Waals surface area (Å²) in [6.45, 7) is 4.24. The number of nitrogens with zero attached hydrogens (tertiary/aromatic N) is 2. The van der Waals surface area contributed by atoms with Crippen LogP contribution in [0.3, 0.4) is 0 Å². The van der Waals surface area contributed by atoms with E-state index in [0.717, 1.165) is 0 Å². The summed E-state index contributed by atoms with van der Waals surface area (Å²) in [7, 11) is 0. The van der Waals surface area contributed by atoms with E-state index in [2.05, 4.69) is 5.16 Å². The molecule has 0 unspecified atom stereocenters. The molecule has 1 rings (SSSR count). The number of halogens is 1. The van der Waals surface area contributed by atoms with Crippen LogP contribution >= 0.6 is 22.9 Å². The Hall–Kier alpha value is -1.27. The minimum absolute atomic E-state index is 0.0323. The zero-order valence-corrected chi connectivity index (χ0v) is 11.8. The Labute approximate surface area is 115 Å².